The molecule has 0 unspecified atom stereocenters. The monoisotopic (exact) mass is 298 g/mol. The van der Waals surface area contributed by atoms with Gasteiger partial charge in [0.1, 0.15) is 5.82 Å². The second-order valence-electron chi connectivity index (χ2n) is 6.57. The van der Waals surface area contributed by atoms with E-state index in [1.807, 2.05) is 42.5 Å². The van der Waals surface area contributed by atoms with Crippen LogP contribution in [0.1, 0.15) is 51.0 Å². The molecule has 1 aliphatic carbocycles. The first-order valence-electron chi connectivity index (χ1n) is 8.42. The Labute approximate surface area is 134 Å². The predicted octanol–water partition coefficient (Wildman–Crippen LogP) is 6.44. The zero-order valence-corrected chi connectivity index (χ0v) is 13.7. The van der Waals surface area contributed by atoms with Gasteiger partial charge in [0.25, 0.3) is 0 Å². The quantitative estimate of drug-likeness (QED) is 0.598. The van der Waals surface area contributed by atoms with Crippen molar-refractivity contribution in [2.24, 2.45) is 11.8 Å². The van der Waals surface area contributed by atoms with Gasteiger partial charge < -0.3 is 0 Å². The molecule has 0 atom stereocenters. The van der Waals surface area contributed by atoms with E-state index in [1.165, 1.54) is 37.3 Å². The topological polar surface area (TPSA) is 0 Å². The maximum Gasteiger partial charge on any atom is 0.123 e. The number of hydrogen-bond acceptors (Lipinski definition) is 0. The van der Waals surface area contributed by atoms with Crippen molar-refractivity contribution >= 4 is 0 Å². The van der Waals surface area contributed by atoms with Gasteiger partial charge >= 0.3 is 0 Å². The molecular weight excluding hydrogens is 271 g/mol. The fourth-order valence-corrected chi connectivity index (χ4v) is 3.26. The van der Waals surface area contributed by atoms with E-state index in [0.717, 1.165) is 11.8 Å². The molecule has 0 heterocycles. The van der Waals surface area contributed by atoms with Gasteiger partial charge in [-0.1, -0.05) is 62.4 Å². The molecule has 1 saturated carbocycles. The van der Waals surface area contributed by atoms with E-state index in [9.17, 15) is 4.39 Å². The van der Waals surface area contributed by atoms with Crippen LogP contribution in [0.2, 0.25) is 0 Å². The molecule has 2 aromatic rings. The maximum absolute atomic E-state index is 13.1. The number of benzene rings is 2. The molecule has 0 bridgehead atoms. The molecule has 0 nitrogen and oxygen atoms in total. The summed E-state index contributed by atoms with van der Waals surface area (Å²) < 4.78 is 13.1. The number of rotatable bonds is 2. The van der Waals surface area contributed by atoms with Crippen LogP contribution >= 0.6 is 0 Å². The summed E-state index contributed by atoms with van der Waals surface area (Å²) in [4.78, 5) is 0. The van der Waals surface area contributed by atoms with E-state index in [2.05, 4.69) is 19.9 Å². The minimum absolute atomic E-state index is 0.0940. The van der Waals surface area contributed by atoms with Crippen LogP contribution in [0, 0.1) is 17.7 Å². The molecule has 0 N–H and O–H groups in total. The van der Waals surface area contributed by atoms with Gasteiger partial charge in [-0.25, -0.2) is 4.39 Å². The third-order valence-electron chi connectivity index (χ3n) is 4.70. The lowest BCUT2D eigenvalue weighted by Crippen LogP contribution is -2.17. The second-order valence-corrected chi connectivity index (χ2v) is 6.57. The Balaban J connectivity index is 0.000000246. The molecule has 0 saturated heterocycles. The second kappa shape index (κ2) is 8.73. The summed E-state index contributed by atoms with van der Waals surface area (Å²) in [5, 5.41) is 0. The van der Waals surface area contributed by atoms with E-state index < -0.39 is 0 Å². The SMILES string of the molecule is CC(C)C1CCC(c2cccc(F)c2)CC1.c1ccccc1. The van der Waals surface area contributed by atoms with Crippen LogP contribution in [0.3, 0.4) is 0 Å². The smallest absolute Gasteiger partial charge is 0.123 e. The van der Waals surface area contributed by atoms with Gasteiger partial charge in [0.15, 0.2) is 0 Å². The predicted molar refractivity (Wildman–Crippen MR) is 92.4 cm³/mol. The number of halogens is 1. The highest BCUT2D eigenvalue weighted by atomic mass is 19.1. The fraction of sp³-hybridized carbons (Fsp3) is 0.429. The van der Waals surface area contributed by atoms with E-state index in [4.69, 9.17) is 0 Å². The van der Waals surface area contributed by atoms with E-state index in [1.54, 1.807) is 6.07 Å². The van der Waals surface area contributed by atoms with Crippen molar-refractivity contribution in [3.63, 3.8) is 0 Å². The van der Waals surface area contributed by atoms with Gasteiger partial charge in [0, 0.05) is 0 Å². The van der Waals surface area contributed by atoms with E-state index >= 15 is 0 Å². The summed E-state index contributed by atoms with van der Waals surface area (Å²) in [6.45, 7) is 4.63. The lowest BCUT2D eigenvalue weighted by molar-refractivity contribution is 0.258. The molecule has 0 amide bonds. The van der Waals surface area contributed by atoms with Gasteiger partial charge in [-0.2, -0.15) is 0 Å². The van der Waals surface area contributed by atoms with Crippen LogP contribution in [0.15, 0.2) is 60.7 Å². The summed E-state index contributed by atoms with van der Waals surface area (Å²) in [5.41, 5.74) is 1.20. The minimum Gasteiger partial charge on any atom is -0.207 e. The Morgan fingerprint density at radius 3 is 1.82 bits per heavy atom. The molecule has 1 heteroatoms. The first kappa shape index (κ1) is 16.7. The van der Waals surface area contributed by atoms with Gasteiger partial charge in [0.2, 0.25) is 0 Å². The molecule has 0 radical (unpaired) electrons. The van der Waals surface area contributed by atoms with Crippen LogP contribution in [0.25, 0.3) is 0 Å². The van der Waals surface area contributed by atoms with Crippen LogP contribution in [-0.4, -0.2) is 0 Å². The fourth-order valence-electron chi connectivity index (χ4n) is 3.26. The molecule has 1 aliphatic rings. The lowest BCUT2D eigenvalue weighted by atomic mass is 9.75. The summed E-state index contributed by atoms with van der Waals surface area (Å²) >= 11 is 0. The Morgan fingerprint density at radius 2 is 1.36 bits per heavy atom. The largest absolute Gasteiger partial charge is 0.207 e. The molecule has 2 aromatic carbocycles. The Bertz CT molecular complexity index is 498. The zero-order chi connectivity index (χ0) is 15.8. The molecule has 0 aromatic heterocycles. The van der Waals surface area contributed by atoms with E-state index in [-0.39, 0.29) is 5.82 Å². The third kappa shape index (κ3) is 5.29. The summed E-state index contributed by atoms with van der Waals surface area (Å²) in [7, 11) is 0. The van der Waals surface area contributed by atoms with Gasteiger partial charge in [-0.05, 0) is 61.1 Å². The summed E-state index contributed by atoms with van der Waals surface area (Å²) in [5.74, 6) is 2.17. The van der Waals surface area contributed by atoms with Gasteiger partial charge in [0.05, 0.1) is 0 Å². The summed E-state index contributed by atoms with van der Waals surface area (Å²) in [6, 6.07) is 19.1. The minimum atomic E-state index is -0.0940. The zero-order valence-electron chi connectivity index (χ0n) is 13.7. The highest BCUT2D eigenvalue weighted by Crippen LogP contribution is 2.38. The van der Waals surface area contributed by atoms with Crippen molar-refractivity contribution in [1.82, 2.24) is 0 Å². The molecular formula is C21H27F. The maximum atomic E-state index is 13.1. The Kier molecular flexibility index (Phi) is 6.64. The molecule has 3 rings (SSSR count). The average molecular weight is 298 g/mol. The van der Waals surface area contributed by atoms with Crippen molar-refractivity contribution in [3.05, 3.63) is 72.0 Å². The molecule has 118 valence electrons. The van der Waals surface area contributed by atoms with Crippen molar-refractivity contribution in [2.45, 2.75) is 45.4 Å². The third-order valence-corrected chi connectivity index (χ3v) is 4.70. The van der Waals surface area contributed by atoms with Crippen LogP contribution < -0.4 is 0 Å². The number of hydrogen-bond donors (Lipinski definition) is 0. The molecule has 22 heavy (non-hydrogen) atoms. The lowest BCUT2D eigenvalue weighted by Gasteiger charge is -2.31. The van der Waals surface area contributed by atoms with Crippen LogP contribution in [-0.2, 0) is 0 Å². The molecule has 0 aliphatic heterocycles. The Morgan fingerprint density at radius 1 is 0.818 bits per heavy atom. The van der Waals surface area contributed by atoms with Crippen molar-refractivity contribution in [3.8, 4) is 0 Å². The normalized spacial score (nSPS) is 21.1. The van der Waals surface area contributed by atoms with Gasteiger partial charge in [-0.3, -0.25) is 0 Å². The highest BCUT2D eigenvalue weighted by Gasteiger charge is 2.24. The van der Waals surface area contributed by atoms with Crippen molar-refractivity contribution in [1.29, 1.82) is 0 Å². The first-order chi connectivity index (χ1) is 10.7. The van der Waals surface area contributed by atoms with Crippen LogP contribution in [0.5, 0.6) is 0 Å². The van der Waals surface area contributed by atoms with Crippen LogP contribution in [0.4, 0.5) is 4.39 Å². The summed E-state index contributed by atoms with van der Waals surface area (Å²) in [6.07, 6.45) is 5.07. The molecule has 1 fully saturated rings. The highest BCUT2D eigenvalue weighted by molar-refractivity contribution is 5.21. The van der Waals surface area contributed by atoms with Gasteiger partial charge in [-0.15, -0.1) is 0 Å². The van der Waals surface area contributed by atoms with Crippen molar-refractivity contribution < 1.29 is 4.39 Å². The Hall–Kier alpha value is -1.63. The first-order valence-corrected chi connectivity index (χ1v) is 8.42. The molecule has 0 spiro atoms. The van der Waals surface area contributed by atoms with E-state index in [0.29, 0.717) is 5.92 Å². The standard InChI is InChI=1S/C15H21F.C6H6/c1-11(2)12-6-8-13(9-7-12)14-4-3-5-15(16)10-14;1-2-4-6-5-3-1/h3-5,10-13H,6-9H2,1-2H3;1-6H. The van der Waals surface area contributed by atoms with Crippen molar-refractivity contribution in [2.75, 3.05) is 0 Å². The average Bonchev–Trinajstić information content (AvgIpc) is 2.57.